The number of aliphatic hydroxyl groups is 1. The lowest BCUT2D eigenvalue weighted by atomic mass is 9.82. The fraction of sp³-hybridized carbons (Fsp3) is 0.333. The number of urea groups is 1. The van der Waals surface area contributed by atoms with Gasteiger partial charge in [0.2, 0.25) is 11.3 Å². The second-order valence-electron chi connectivity index (χ2n) is 7.27. The Morgan fingerprint density at radius 3 is 2.63 bits per heavy atom. The van der Waals surface area contributed by atoms with Gasteiger partial charge in [-0.3, -0.25) is 4.79 Å². The average molecular weight is 366 g/mol. The fourth-order valence-corrected chi connectivity index (χ4v) is 4.01. The van der Waals surface area contributed by atoms with Crippen LogP contribution >= 0.6 is 0 Å². The van der Waals surface area contributed by atoms with Crippen LogP contribution in [-0.2, 0) is 11.3 Å². The molecule has 6 nitrogen and oxygen atoms in total. The molecule has 3 N–H and O–H groups in total. The number of hydrogen-bond acceptors (Lipinski definition) is 4. The molecule has 2 amide bonds. The van der Waals surface area contributed by atoms with Crippen LogP contribution in [0.1, 0.15) is 53.7 Å². The van der Waals surface area contributed by atoms with E-state index in [0.717, 1.165) is 5.56 Å². The number of amides is 2. The number of rotatable bonds is 3. The summed E-state index contributed by atoms with van der Waals surface area (Å²) in [7, 11) is 0. The lowest BCUT2D eigenvalue weighted by Crippen LogP contribution is -2.61. The molecule has 0 unspecified atom stereocenters. The molecule has 1 heterocycles. The Morgan fingerprint density at radius 2 is 1.93 bits per heavy atom. The molecule has 2 atom stereocenters. The van der Waals surface area contributed by atoms with Crippen molar-refractivity contribution in [3.63, 3.8) is 0 Å². The number of carbonyl (C=O) groups excluding carboxylic acids is 2. The number of Topliss-reactive ketones (excluding diaryl/α,β-unsaturated/α-hetero) is 1. The van der Waals surface area contributed by atoms with Crippen LogP contribution in [-0.4, -0.2) is 23.5 Å². The quantitative estimate of drug-likeness (QED) is 0.779. The maximum Gasteiger partial charge on any atom is 0.316 e. The maximum atomic E-state index is 13.4. The van der Waals surface area contributed by atoms with Gasteiger partial charge < -0.3 is 20.5 Å². The number of nitrogens with one attached hydrogen (secondary N) is 2. The van der Waals surface area contributed by atoms with E-state index < -0.39 is 17.4 Å². The summed E-state index contributed by atoms with van der Waals surface area (Å²) in [6.07, 6.45) is 0. The molecule has 0 aromatic heterocycles. The molecular weight excluding hydrogens is 344 g/mol. The van der Waals surface area contributed by atoms with Gasteiger partial charge >= 0.3 is 6.03 Å². The van der Waals surface area contributed by atoms with E-state index in [1.54, 1.807) is 37.3 Å². The Morgan fingerprint density at radius 1 is 1.19 bits per heavy atom. The molecule has 2 aromatic carbocycles. The van der Waals surface area contributed by atoms with Crippen LogP contribution in [0, 0.1) is 0 Å². The molecule has 0 spiro atoms. The molecule has 2 aromatic rings. The molecule has 0 saturated heterocycles. The van der Waals surface area contributed by atoms with Gasteiger partial charge in [0.1, 0.15) is 5.75 Å². The summed E-state index contributed by atoms with van der Waals surface area (Å²) >= 11 is 0. The topological polar surface area (TPSA) is 87.7 Å². The first kappa shape index (κ1) is 17.5. The van der Waals surface area contributed by atoms with Gasteiger partial charge in [-0.15, -0.1) is 0 Å². The normalized spacial score (nSPS) is 24.9. The Balaban J connectivity index is 1.95. The van der Waals surface area contributed by atoms with E-state index in [-0.39, 0.29) is 11.7 Å². The van der Waals surface area contributed by atoms with Gasteiger partial charge in [0.05, 0.1) is 0 Å². The lowest BCUT2D eigenvalue weighted by molar-refractivity contribution is -0.168. The minimum Gasteiger partial charge on any atom is -0.454 e. The Bertz CT molecular complexity index is 955. The van der Waals surface area contributed by atoms with Crippen LogP contribution in [0.25, 0.3) is 0 Å². The predicted octanol–water partition coefficient (Wildman–Crippen LogP) is 2.76. The molecule has 4 rings (SSSR count). The zero-order chi connectivity index (χ0) is 19.4. The summed E-state index contributed by atoms with van der Waals surface area (Å²) in [5.41, 5.74) is 0.457. The number of ether oxygens (including phenoxy) is 1. The lowest BCUT2D eigenvalue weighted by Gasteiger charge is -2.34. The molecule has 1 aliphatic heterocycles. The first-order valence-electron chi connectivity index (χ1n) is 9.11. The highest BCUT2D eigenvalue weighted by atomic mass is 16.6. The Kier molecular flexibility index (Phi) is 3.78. The molecule has 0 saturated carbocycles. The molecule has 0 bridgehead atoms. The summed E-state index contributed by atoms with van der Waals surface area (Å²) in [6.45, 7) is 6.27. The van der Waals surface area contributed by atoms with Crippen LogP contribution in [0.15, 0.2) is 42.5 Å². The molecular formula is C21H22N2O4. The monoisotopic (exact) mass is 366 g/mol. The van der Waals surface area contributed by atoms with Gasteiger partial charge in [-0.2, -0.15) is 0 Å². The first-order valence-corrected chi connectivity index (χ1v) is 9.11. The van der Waals surface area contributed by atoms with Gasteiger partial charge in [-0.1, -0.05) is 50.2 Å². The van der Waals surface area contributed by atoms with Crippen LogP contribution < -0.4 is 15.4 Å². The van der Waals surface area contributed by atoms with Crippen LogP contribution in [0.4, 0.5) is 4.79 Å². The van der Waals surface area contributed by atoms with E-state index in [2.05, 4.69) is 24.5 Å². The number of hydrogen-bond donors (Lipinski definition) is 3. The van der Waals surface area contributed by atoms with Crippen molar-refractivity contribution in [1.82, 2.24) is 10.6 Å². The van der Waals surface area contributed by atoms with Crippen molar-refractivity contribution >= 4 is 11.8 Å². The zero-order valence-electron chi connectivity index (χ0n) is 15.5. The van der Waals surface area contributed by atoms with Gasteiger partial charge in [0, 0.05) is 23.2 Å². The van der Waals surface area contributed by atoms with Gasteiger partial charge in [0.15, 0.2) is 0 Å². The third-order valence-corrected chi connectivity index (χ3v) is 5.36. The Hall–Kier alpha value is -2.86. The second kappa shape index (κ2) is 5.82. The molecule has 0 fully saturated rings. The third-order valence-electron chi connectivity index (χ3n) is 5.36. The van der Waals surface area contributed by atoms with Crippen molar-refractivity contribution < 1.29 is 19.4 Å². The van der Waals surface area contributed by atoms with Crippen molar-refractivity contribution in [3.05, 3.63) is 64.7 Å². The average Bonchev–Trinajstić information content (AvgIpc) is 2.99. The minimum atomic E-state index is -2.00. The molecule has 0 radical (unpaired) electrons. The van der Waals surface area contributed by atoms with Crippen molar-refractivity contribution in [1.29, 1.82) is 0 Å². The van der Waals surface area contributed by atoms with Crippen molar-refractivity contribution in [2.75, 3.05) is 6.54 Å². The van der Waals surface area contributed by atoms with Crippen molar-refractivity contribution in [2.24, 2.45) is 0 Å². The summed E-state index contributed by atoms with van der Waals surface area (Å²) in [5.74, 6) is -1.72. The van der Waals surface area contributed by atoms with Crippen LogP contribution in [0.2, 0.25) is 0 Å². The third kappa shape index (κ3) is 2.16. The fourth-order valence-electron chi connectivity index (χ4n) is 4.01. The SMILES string of the molecule is CCNC(=O)N[C@@]12C(=O)c3ccccc3[C@@]1(O)Oc1cc(C(C)C)ccc12. The van der Waals surface area contributed by atoms with Crippen molar-refractivity contribution in [2.45, 2.75) is 38.0 Å². The Labute approximate surface area is 157 Å². The summed E-state index contributed by atoms with van der Waals surface area (Å²) < 4.78 is 5.98. The molecule has 140 valence electrons. The largest absolute Gasteiger partial charge is 0.454 e. The standard InChI is InChI=1S/C21H22N2O4/c1-4-22-19(25)23-20-16-10-9-13(12(2)3)11-17(16)27-21(20,26)15-8-6-5-7-14(15)18(20)24/h5-12,26H,4H2,1-3H3,(H2,22,23,25)/t20-,21+/m0/s1. The second-order valence-corrected chi connectivity index (χ2v) is 7.27. The molecule has 2 aliphatic rings. The zero-order valence-corrected chi connectivity index (χ0v) is 15.5. The van der Waals surface area contributed by atoms with Crippen molar-refractivity contribution in [3.8, 4) is 5.75 Å². The smallest absolute Gasteiger partial charge is 0.316 e. The maximum absolute atomic E-state index is 13.4. The van der Waals surface area contributed by atoms with E-state index in [1.165, 1.54) is 0 Å². The summed E-state index contributed by atoms with van der Waals surface area (Å²) in [4.78, 5) is 25.9. The molecule has 1 aliphatic carbocycles. The molecule has 27 heavy (non-hydrogen) atoms. The predicted molar refractivity (Wildman–Crippen MR) is 99.7 cm³/mol. The molecule has 6 heteroatoms. The van der Waals surface area contributed by atoms with Gasteiger partial charge in [-0.05, 0) is 24.5 Å². The van der Waals surface area contributed by atoms with Crippen LogP contribution in [0.3, 0.4) is 0 Å². The van der Waals surface area contributed by atoms with E-state index in [0.29, 0.717) is 29.0 Å². The highest BCUT2D eigenvalue weighted by Crippen LogP contribution is 2.58. The highest BCUT2D eigenvalue weighted by molar-refractivity contribution is 6.12. The van der Waals surface area contributed by atoms with E-state index in [4.69, 9.17) is 4.74 Å². The van der Waals surface area contributed by atoms with Crippen LogP contribution in [0.5, 0.6) is 5.75 Å². The van der Waals surface area contributed by atoms with Gasteiger partial charge in [-0.25, -0.2) is 4.79 Å². The summed E-state index contributed by atoms with van der Waals surface area (Å²) in [5, 5.41) is 16.9. The van der Waals surface area contributed by atoms with E-state index in [9.17, 15) is 14.7 Å². The number of carbonyl (C=O) groups is 2. The summed E-state index contributed by atoms with van der Waals surface area (Å²) in [6, 6.07) is 11.7. The highest BCUT2D eigenvalue weighted by Gasteiger charge is 2.71. The van der Waals surface area contributed by atoms with Gasteiger partial charge in [0.25, 0.3) is 5.79 Å². The first-order chi connectivity index (χ1) is 12.8. The minimum absolute atomic E-state index is 0.254. The number of fused-ring (bicyclic) bond motifs is 5. The van der Waals surface area contributed by atoms with E-state index in [1.807, 2.05) is 12.1 Å². The number of ketones is 1. The van der Waals surface area contributed by atoms with E-state index >= 15 is 0 Å². The number of benzene rings is 2.